The highest BCUT2D eigenvalue weighted by atomic mass is 32.2. The van der Waals surface area contributed by atoms with E-state index in [1.165, 1.54) is 0 Å². The summed E-state index contributed by atoms with van der Waals surface area (Å²) in [5.41, 5.74) is 3.68. The zero-order valence-corrected chi connectivity index (χ0v) is 17.8. The van der Waals surface area contributed by atoms with Crippen molar-refractivity contribution in [2.45, 2.75) is 31.1 Å². The van der Waals surface area contributed by atoms with E-state index >= 15 is 0 Å². The molecule has 4 rings (SSSR count). The maximum atomic E-state index is 13.4. The molecular weight excluding hydrogens is 396 g/mol. The average Bonchev–Trinajstić information content (AvgIpc) is 3.37. The number of aromatic amines is 1. The molecule has 3 heterocycles. The molecule has 0 aliphatic carbocycles. The van der Waals surface area contributed by atoms with Gasteiger partial charge in [0.2, 0.25) is 0 Å². The smallest absolute Gasteiger partial charge is 0.139 e. The second-order valence-corrected chi connectivity index (χ2v) is 10.1. The van der Waals surface area contributed by atoms with Crippen molar-refractivity contribution in [3.05, 3.63) is 66.0 Å². The lowest BCUT2D eigenvalue weighted by Crippen LogP contribution is -2.16. The van der Waals surface area contributed by atoms with E-state index in [2.05, 4.69) is 52.7 Å². The molecule has 0 bridgehead atoms. The zero-order chi connectivity index (χ0) is 21.5. The number of nitriles is 1. The van der Waals surface area contributed by atoms with E-state index in [9.17, 15) is 9.47 Å². The summed E-state index contributed by atoms with van der Waals surface area (Å²) in [6.45, 7) is 6.39. The monoisotopic (exact) mass is 418 g/mol. The molecule has 0 radical (unpaired) electrons. The minimum absolute atomic E-state index is 0.00579. The predicted octanol–water partition coefficient (Wildman–Crippen LogP) is 4.00. The summed E-state index contributed by atoms with van der Waals surface area (Å²) in [5.74, 6) is 4.41. The summed E-state index contributed by atoms with van der Waals surface area (Å²) in [6, 6.07) is 15.0. The first kappa shape index (κ1) is 19.7. The van der Waals surface area contributed by atoms with Crippen LogP contribution in [0.1, 0.15) is 31.9 Å². The second-order valence-electron chi connectivity index (χ2n) is 8.11. The van der Waals surface area contributed by atoms with Gasteiger partial charge in [-0.25, -0.2) is 8.72 Å². The van der Waals surface area contributed by atoms with Gasteiger partial charge >= 0.3 is 0 Å². The van der Waals surface area contributed by atoms with Crippen molar-refractivity contribution >= 4 is 26.9 Å². The third-order valence-corrected chi connectivity index (χ3v) is 6.48. The highest BCUT2D eigenvalue weighted by Gasteiger charge is 2.17. The van der Waals surface area contributed by atoms with Crippen molar-refractivity contribution in [2.24, 2.45) is 0 Å². The molecular formula is C22H22N6OS. The van der Waals surface area contributed by atoms with Crippen molar-refractivity contribution in [1.29, 1.82) is 5.26 Å². The van der Waals surface area contributed by atoms with Gasteiger partial charge in [0, 0.05) is 16.7 Å². The minimum Gasteiger partial charge on any atom is -0.293 e. The van der Waals surface area contributed by atoms with Crippen LogP contribution < -0.4 is 4.72 Å². The van der Waals surface area contributed by atoms with Gasteiger partial charge in [0.25, 0.3) is 0 Å². The van der Waals surface area contributed by atoms with Crippen LogP contribution in [0.25, 0.3) is 16.8 Å². The van der Waals surface area contributed by atoms with Crippen LogP contribution in [-0.4, -0.2) is 29.9 Å². The molecule has 3 aromatic heterocycles. The van der Waals surface area contributed by atoms with Crippen molar-refractivity contribution in [3.63, 3.8) is 0 Å². The Hall–Kier alpha value is -3.57. The van der Waals surface area contributed by atoms with Gasteiger partial charge in [-0.3, -0.25) is 9.82 Å². The summed E-state index contributed by atoms with van der Waals surface area (Å²) < 4.78 is 18.0. The maximum absolute atomic E-state index is 13.4. The molecule has 2 N–H and O–H groups in total. The van der Waals surface area contributed by atoms with Crippen molar-refractivity contribution in [3.8, 4) is 17.3 Å². The molecule has 8 heteroatoms. The number of hydrogen-bond acceptors (Lipinski definition) is 4. The molecule has 0 saturated heterocycles. The number of hydrogen-bond donors (Lipinski definition) is 2. The largest absolute Gasteiger partial charge is 0.293 e. The van der Waals surface area contributed by atoms with E-state index in [1.54, 1.807) is 35.1 Å². The maximum Gasteiger partial charge on any atom is 0.139 e. The normalized spacial score (nSPS) is 13.7. The Bertz CT molecular complexity index is 1350. The van der Waals surface area contributed by atoms with Gasteiger partial charge in [-0.1, -0.05) is 32.9 Å². The second kappa shape index (κ2) is 7.04. The van der Waals surface area contributed by atoms with E-state index in [-0.39, 0.29) is 5.41 Å². The van der Waals surface area contributed by atoms with Gasteiger partial charge in [-0.15, -0.1) is 0 Å². The number of fused-ring (bicyclic) bond motifs is 1. The van der Waals surface area contributed by atoms with E-state index in [0.29, 0.717) is 27.5 Å². The lowest BCUT2D eigenvalue weighted by molar-refractivity contribution is 0.589. The van der Waals surface area contributed by atoms with Crippen LogP contribution >= 0.6 is 0 Å². The molecule has 0 spiro atoms. The van der Waals surface area contributed by atoms with E-state index in [0.717, 1.165) is 11.1 Å². The van der Waals surface area contributed by atoms with E-state index < -0.39 is 9.71 Å². The molecule has 0 aliphatic heterocycles. The van der Waals surface area contributed by atoms with Gasteiger partial charge < -0.3 is 0 Å². The summed E-state index contributed by atoms with van der Waals surface area (Å²) >= 11 is 0. The van der Waals surface area contributed by atoms with Crippen LogP contribution in [0, 0.1) is 11.3 Å². The van der Waals surface area contributed by atoms with Gasteiger partial charge in [0.05, 0.1) is 32.7 Å². The molecule has 152 valence electrons. The number of benzene rings is 1. The zero-order valence-electron chi connectivity index (χ0n) is 17.0. The number of nitrogens with zero attached hydrogens (tertiary/aromatic N) is 4. The lowest BCUT2D eigenvalue weighted by Gasteiger charge is -2.20. The highest BCUT2D eigenvalue weighted by Crippen LogP contribution is 2.27. The van der Waals surface area contributed by atoms with Gasteiger partial charge in [-0.2, -0.15) is 15.5 Å². The number of nitrogens with one attached hydrogen (secondary N) is 2. The standard InChI is InChI=1S/C22H22N6OS/c1-22(2,3)17-6-8-18(9-7-17)30(4,29)27-21-10-5-15(12-23)20-11-19(26-28(20)21)16-13-24-25-14-16/h5-11,13-14H,4H2,1-3H3,(H,24,25)(H,27,29). The lowest BCUT2D eigenvalue weighted by atomic mass is 9.87. The first-order chi connectivity index (χ1) is 14.2. The fourth-order valence-electron chi connectivity index (χ4n) is 3.18. The Labute approximate surface area is 175 Å². The number of aromatic nitrogens is 4. The highest BCUT2D eigenvalue weighted by molar-refractivity contribution is 8.01. The van der Waals surface area contributed by atoms with Gasteiger partial charge in [-0.05, 0) is 47.2 Å². The molecule has 30 heavy (non-hydrogen) atoms. The van der Waals surface area contributed by atoms with E-state index in [1.807, 2.05) is 24.3 Å². The molecule has 0 aliphatic rings. The van der Waals surface area contributed by atoms with Crippen LogP contribution in [0.15, 0.2) is 59.8 Å². The third kappa shape index (κ3) is 3.55. The molecule has 0 amide bonds. The van der Waals surface area contributed by atoms with Crippen LogP contribution in [0.3, 0.4) is 0 Å². The molecule has 4 aromatic rings. The Balaban J connectivity index is 1.75. The molecule has 1 aromatic carbocycles. The van der Waals surface area contributed by atoms with Crippen LogP contribution in [0.2, 0.25) is 0 Å². The molecule has 1 unspecified atom stereocenters. The molecule has 0 fully saturated rings. The summed E-state index contributed by atoms with van der Waals surface area (Å²) in [5, 5.41) is 20.7. The quantitative estimate of drug-likeness (QED) is 0.489. The topological polar surface area (TPSA) is 98.9 Å². The third-order valence-electron chi connectivity index (χ3n) is 4.91. The van der Waals surface area contributed by atoms with Gasteiger partial charge in [0.1, 0.15) is 11.9 Å². The Morgan fingerprint density at radius 3 is 2.53 bits per heavy atom. The SMILES string of the molecule is C=S(=O)(Nc1ccc(C#N)c2cc(-c3cn[nH]c3)nn12)c1ccc(C(C)(C)C)cc1. The number of anilines is 1. The van der Waals surface area contributed by atoms with Crippen molar-refractivity contribution in [1.82, 2.24) is 19.8 Å². The number of pyridine rings is 1. The average molecular weight is 419 g/mol. The Kier molecular flexibility index (Phi) is 4.63. The predicted molar refractivity (Wildman–Crippen MR) is 120 cm³/mol. The first-order valence-electron chi connectivity index (χ1n) is 9.37. The Morgan fingerprint density at radius 1 is 1.20 bits per heavy atom. The molecule has 1 atom stereocenters. The van der Waals surface area contributed by atoms with Crippen molar-refractivity contribution in [2.75, 3.05) is 4.72 Å². The summed E-state index contributed by atoms with van der Waals surface area (Å²) in [6.07, 6.45) is 3.38. The minimum atomic E-state index is -2.84. The Morgan fingerprint density at radius 2 is 1.93 bits per heavy atom. The van der Waals surface area contributed by atoms with Crippen LogP contribution in [0.4, 0.5) is 5.82 Å². The summed E-state index contributed by atoms with van der Waals surface area (Å²) in [4.78, 5) is 0.593. The number of rotatable bonds is 4. The summed E-state index contributed by atoms with van der Waals surface area (Å²) in [7, 11) is -2.84. The number of H-pyrrole nitrogens is 1. The molecule has 7 nitrogen and oxygen atoms in total. The van der Waals surface area contributed by atoms with Crippen LogP contribution in [-0.2, 0) is 15.1 Å². The fourth-order valence-corrected chi connectivity index (χ4v) is 4.37. The van der Waals surface area contributed by atoms with E-state index in [4.69, 9.17) is 0 Å². The van der Waals surface area contributed by atoms with Gasteiger partial charge in [0.15, 0.2) is 0 Å². The fraction of sp³-hybridized carbons (Fsp3) is 0.182. The van der Waals surface area contributed by atoms with Crippen LogP contribution in [0.5, 0.6) is 0 Å². The van der Waals surface area contributed by atoms with Crippen molar-refractivity contribution < 1.29 is 4.21 Å². The molecule has 0 saturated carbocycles. The first-order valence-corrected chi connectivity index (χ1v) is 11.1.